The molecule has 0 fully saturated rings. The fourth-order valence-electron chi connectivity index (χ4n) is 2.62. The topological polar surface area (TPSA) is 87.9 Å². The number of amides is 1. The number of aryl methyl sites for hydroxylation is 1. The van der Waals surface area contributed by atoms with Crippen LogP contribution in [-0.4, -0.2) is 33.0 Å². The van der Waals surface area contributed by atoms with Crippen LogP contribution in [0.5, 0.6) is 0 Å². The fourth-order valence-corrected chi connectivity index (χ4v) is 2.62. The molecule has 1 atom stereocenters. The third kappa shape index (κ3) is 1.95. The molecule has 0 bridgehead atoms. The van der Waals surface area contributed by atoms with Gasteiger partial charge >= 0.3 is 0 Å². The summed E-state index contributed by atoms with van der Waals surface area (Å²) >= 11 is 0. The summed E-state index contributed by atoms with van der Waals surface area (Å²) in [6.45, 7) is 0. The smallest absolute Gasteiger partial charge is 0.291 e. The Balaban J connectivity index is 1.86. The summed E-state index contributed by atoms with van der Waals surface area (Å²) in [4.78, 5) is 17.9. The zero-order valence-corrected chi connectivity index (χ0v) is 10.6. The SMILES string of the molecule is CN(C(=O)c1nc(N)n[nH]1)C1CCc2ccccc21. The highest BCUT2D eigenvalue weighted by Gasteiger charge is 2.29. The van der Waals surface area contributed by atoms with E-state index in [0.29, 0.717) is 0 Å². The summed E-state index contributed by atoms with van der Waals surface area (Å²) in [7, 11) is 1.79. The standard InChI is InChI=1S/C13H15N5O/c1-18(12(19)11-15-13(14)17-16-11)10-7-6-8-4-2-3-5-9(8)10/h2-5,10H,6-7H2,1H3,(H3,14,15,16,17). The van der Waals surface area contributed by atoms with Gasteiger partial charge in [0.05, 0.1) is 6.04 Å². The predicted octanol–water partition coefficient (Wildman–Crippen LogP) is 1.15. The molecule has 1 heterocycles. The van der Waals surface area contributed by atoms with Crippen LogP contribution in [0.3, 0.4) is 0 Å². The van der Waals surface area contributed by atoms with E-state index >= 15 is 0 Å². The van der Waals surface area contributed by atoms with Crippen molar-refractivity contribution in [1.29, 1.82) is 0 Å². The van der Waals surface area contributed by atoms with Crippen molar-refractivity contribution >= 4 is 11.9 Å². The van der Waals surface area contributed by atoms with Crippen molar-refractivity contribution in [3.05, 3.63) is 41.2 Å². The number of nitrogens with two attached hydrogens (primary N) is 1. The van der Waals surface area contributed by atoms with E-state index in [-0.39, 0.29) is 23.7 Å². The Kier molecular flexibility index (Phi) is 2.70. The molecule has 0 saturated carbocycles. The van der Waals surface area contributed by atoms with Gasteiger partial charge in [-0.2, -0.15) is 4.98 Å². The highest BCUT2D eigenvalue weighted by atomic mass is 16.2. The number of aromatic amines is 1. The zero-order chi connectivity index (χ0) is 13.4. The highest BCUT2D eigenvalue weighted by Crippen LogP contribution is 2.35. The monoisotopic (exact) mass is 257 g/mol. The molecule has 1 amide bonds. The van der Waals surface area contributed by atoms with Gasteiger partial charge in [0.1, 0.15) is 0 Å². The number of anilines is 1. The number of carbonyl (C=O) groups excluding carboxylic acids is 1. The largest absolute Gasteiger partial charge is 0.366 e. The van der Waals surface area contributed by atoms with Crippen LogP contribution in [0.15, 0.2) is 24.3 Å². The number of rotatable bonds is 2. The Labute approximate surface area is 110 Å². The van der Waals surface area contributed by atoms with E-state index in [0.717, 1.165) is 12.8 Å². The molecule has 0 aliphatic heterocycles. The van der Waals surface area contributed by atoms with Gasteiger partial charge in [-0.1, -0.05) is 24.3 Å². The third-order valence-corrected chi connectivity index (χ3v) is 3.59. The van der Waals surface area contributed by atoms with Crippen LogP contribution < -0.4 is 5.73 Å². The molecule has 1 aliphatic carbocycles. The van der Waals surface area contributed by atoms with Crippen molar-refractivity contribution in [2.75, 3.05) is 12.8 Å². The molecule has 2 aromatic rings. The van der Waals surface area contributed by atoms with Crippen LogP contribution in [0.1, 0.15) is 34.2 Å². The molecule has 1 aromatic heterocycles. The molecule has 1 unspecified atom stereocenters. The lowest BCUT2D eigenvalue weighted by molar-refractivity contribution is 0.0718. The summed E-state index contributed by atoms with van der Waals surface area (Å²) < 4.78 is 0. The van der Waals surface area contributed by atoms with Crippen molar-refractivity contribution in [2.45, 2.75) is 18.9 Å². The Morgan fingerprint density at radius 2 is 2.26 bits per heavy atom. The van der Waals surface area contributed by atoms with E-state index in [2.05, 4.69) is 27.3 Å². The van der Waals surface area contributed by atoms with E-state index in [1.54, 1.807) is 11.9 Å². The molecular formula is C13H15N5O. The second kappa shape index (κ2) is 4.38. The average molecular weight is 257 g/mol. The van der Waals surface area contributed by atoms with Gasteiger partial charge in [0.2, 0.25) is 11.8 Å². The molecule has 3 rings (SSSR count). The molecule has 3 N–H and O–H groups in total. The first-order valence-corrected chi connectivity index (χ1v) is 6.19. The van der Waals surface area contributed by atoms with E-state index < -0.39 is 0 Å². The van der Waals surface area contributed by atoms with Crippen LogP contribution in [0.4, 0.5) is 5.95 Å². The summed E-state index contributed by atoms with van der Waals surface area (Å²) in [5.41, 5.74) is 7.95. The normalized spacial score (nSPS) is 17.2. The van der Waals surface area contributed by atoms with Gasteiger partial charge in [-0.05, 0) is 24.0 Å². The first-order chi connectivity index (χ1) is 9.16. The third-order valence-electron chi connectivity index (χ3n) is 3.59. The van der Waals surface area contributed by atoms with Crippen molar-refractivity contribution in [2.24, 2.45) is 0 Å². The number of nitrogens with one attached hydrogen (secondary N) is 1. The molecule has 1 aliphatic rings. The molecule has 98 valence electrons. The van der Waals surface area contributed by atoms with Crippen LogP contribution in [-0.2, 0) is 6.42 Å². The van der Waals surface area contributed by atoms with Gasteiger partial charge in [-0.15, -0.1) is 5.10 Å². The minimum absolute atomic E-state index is 0.0866. The maximum Gasteiger partial charge on any atom is 0.291 e. The molecule has 6 nitrogen and oxygen atoms in total. The highest BCUT2D eigenvalue weighted by molar-refractivity contribution is 5.90. The number of aromatic nitrogens is 3. The second-order valence-corrected chi connectivity index (χ2v) is 4.71. The summed E-state index contributed by atoms with van der Waals surface area (Å²) in [5, 5.41) is 6.24. The lowest BCUT2D eigenvalue weighted by Crippen LogP contribution is -2.31. The van der Waals surface area contributed by atoms with E-state index in [4.69, 9.17) is 5.73 Å². The number of nitrogen functional groups attached to an aromatic ring is 1. The first kappa shape index (κ1) is 11.7. The van der Waals surface area contributed by atoms with E-state index in [1.165, 1.54) is 11.1 Å². The number of hydrogen-bond acceptors (Lipinski definition) is 4. The minimum Gasteiger partial charge on any atom is -0.366 e. The molecule has 0 saturated heterocycles. The Hall–Kier alpha value is -2.37. The van der Waals surface area contributed by atoms with Crippen molar-refractivity contribution in [3.8, 4) is 0 Å². The Morgan fingerprint density at radius 3 is 3.00 bits per heavy atom. The lowest BCUT2D eigenvalue weighted by Gasteiger charge is -2.24. The Morgan fingerprint density at radius 1 is 1.47 bits per heavy atom. The number of fused-ring (bicyclic) bond motifs is 1. The van der Waals surface area contributed by atoms with Gasteiger partial charge in [0.15, 0.2) is 0 Å². The van der Waals surface area contributed by atoms with Gasteiger partial charge in [-0.25, -0.2) is 0 Å². The number of nitrogens with zero attached hydrogens (tertiary/aromatic N) is 3. The number of H-pyrrole nitrogens is 1. The molecule has 0 radical (unpaired) electrons. The van der Waals surface area contributed by atoms with Gasteiger partial charge in [-0.3, -0.25) is 9.89 Å². The first-order valence-electron chi connectivity index (χ1n) is 6.19. The minimum atomic E-state index is -0.189. The number of hydrogen-bond donors (Lipinski definition) is 2. The lowest BCUT2D eigenvalue weighted by atomic mass is 10.1. The van der Waals surface area contributed by atoms with E-state index in [1.807, 2.05) is 12.1 Å². The second-order valence-electron chi connectivity index (χ2n) is 4.71. The zero-order valence-electron chi connectivity index (χ0n) is 10.6. The predicted molar refractivity (Wildman–Crippen MR) is 70.4 cm³/mol. The quantitative estimate of drug-likeness (QED) is 0.844. The maximum absolute atomic E-state index is 12.3. The molecule has 6 heteroatoms. The number of carbonyl (C=O) groups is 1. The van der Waals surface area contributed by atoms with Gasteiger partial charge < -0.3 is 10.6 Å². The molecule has 19 heavy (non-hydrogen) atoms. The molecule has 0 spiro atoms. The fraction of sp³-hybridized carbons (Fsp3) is 0.308. The Bertz CT molecular complexity index is 621. The van der Waals surface area contributed by atoms with Crippen LogP contribution in [0.25, 0.3) is 0 Å². The number of benzene rings is 1. The summed E-state index contributed by atoms with van der Waals surface area (Å²) in [5.74, 6) is 0.0823. The van der Waals surface area contributed by atoms with E-state index in [9.17, 15) is 4.79 Å². The van der Waals surface area contributed by atoms with Crippen molar-refractivity contribution < 1.29 is 4.79 Å². The van der Waals surface area contributed by atoms with Gasteiger partial charge in [0, 0.05) is 7.05 Å². The van der Waals surface area contributed by atoms with Crippen molar-refractivity contribution in [1.82, 2.24) is 20.1 Å². The van der Waals surface area contributed by atoms with Crippen LogP contribution in [0.2, 0.25) is 0 Å². The summed E-state index contributed by atoms with van der Waals surface area (Å²) in [6, 6.07) is 8.31. The van der Waals surface area contributed by atoms with Crippen molar-refractivity contribution in [3.63, 3.8) is 0 Å². The molecular weight excluding hydrogens is 242 g/mol. The van der Waals surface area contributed by atoms with Crippen LogP contribution in [0, 0.1) is 0 Å². The molecule has 1 aromatic carbocycles. The van der Waals surface area contributed by atoms with Gasteiger partial charge in [0.25, 0.3) is 5.91 Å². The van der Waals surface area contributed by atoms with Crippen LogP contribution >= 0.6 is 0 Å². The maximum atomic E-state index is 12.3. The average Bonchev–Trinajstić information content (AvgIpc) is 3.03. The summed E-state index contributed by atoms with van der Waals surface area (Å²) in [6.07, 6.45) is 1.93.